The van der Waals surface area contributed by atoms with Gasteiger partial charge in [-0.15, -0.1) is 0 Å². The van der Waals surface area contributed by atoms with Gasteiger partial charge in [0.1, 0.15) is 6.61 Å². The highest BCUT2D eigenvalue weighted by atomic mass is 16.5. The van der Waals surface area contributed by atoms with Crippen LogP contribution >= 0.6 is 0 Å². The third kappa shape index (κ3) is 3.19. The van der Waals surface area contributed by atoms with Crippen LogP contribution in [0.2, 0.25) is 0 Å². The first-order chi connectivity index (χ1) is 9.76. The number of rotatable bonds is 6. The summed E-state index contributed by atoms with van der Waals surface area (Å²) in [5.74, 6) is 0.0439. The van der Waals surface area contributed by atoms with Gasteiger partial charge in [0.25, 0.3) is 0 Å². The minimum absolute atomic E-state index is 0.0439. The predicted octanol–water partition coefficient (Wildman–Crippen LogP) is 2.12. The molecule has 1 atom stereocenters. The van der Waals surface area contributed by atoms with Gasteiger partial charge in [0.2, 0.25) is 0 Å². The number of carbonyl (C=O) groups excluding carboxylic acids is 1. The molecular weight excluding hydrogens is 254 g/mol. The van der Waals surface area contributed by atoms with Crippen molar-refractivity contribution in [3.8, 4) is 0 Å². The van der Waals surface area contributed by atoms with Gasteiger partial charge in [-0.1, -0.05) is 30.9 Å². The van der Waals surface area contributed by atoms with Gasteiger partial charge in [-0.3, -0.25) is 0 Å². The topological polar surface area (TPSA) is 80.1 Å². The molecule has 0 spiro atoms. The molecule has 0 unspecified atom stereocenters. The molecule has 0 aliphatic rings. The van der Waals surface area contributed by atoms with E-state index < -0.39 is 6.09 Å². The van der Waals surface area contributed by atoms with E-state index in [0.717, 1.165) is 16.5 Å². The lowest BCUT2D eigenvalue weighted by molar-refractivity contribution is 0.157. The molecule has 1 aromatic heterocycles. The van der Waals surface area contributed by atoms with Crippen LogP contribution in [0.15, 0.2) is 43.1 Å². The molecule has 2 aromatic rings. The minimum Gasteiger partial charge on any atom is -0.445 e. The number of ether oxygens (including phenoxy) is 1. The second-order valence-electron chi connectivity index (χ2n) is 4.49. The Kier molecular flexibility index (Phi) is 4.79. The van der Waals surface area contributed by atoms with Gasteiger partial charge < -0.3 is 20.8 Å². The number of aromatic nitrogens is 1. The number of nitrogens with one attached hydrogen (secondary N) is 2. The van der Waals surface area contributed by atoms with E-state index >= 15 is 0 Å². The molecule has 0 aliphatic carbocycles. The van der Waals surface area contributed by atoms with Crippen molar-refractivity contribution in [2.24, 2.45) is 5.73 Å². The molecule has 1 aromatic carbocycles. The van der Waals surface area contributed by atoms with Crippen molar-refractivity contribution in [3.63, 3.8) is 0 Å². The van der Waals surface area contributed by atoms with Crippen molar-refractivity contribution in [1.29, 1.82) is 0 Å². The zero-order valence-electron chi connectivity index (χ0n) is 11.3. The maximum absolute atomic E-state index is 11.4. The summed E-state index contributed by atoms with van der Waals surface area (Å²) in [5.41, 5.74) is 7.99. The summed E-state index contributed by atoms with van der Waals surface area (Å²) in [7, 11) is 0. The Bertz CT molecular complexity index is 592. The lowest BCUT2D eigenvalue weighted by Crippen LogP contribution is -2.31. The predicted molar refractivity (Wildman–Crippen MR) is 79.6 cm³/mol. The van der Waals surface area contributed by atoms with Crippen molar-refractivity contribution < 1.29 is 9.53 Å². The number of amides is 1. The second-order valence-corrected chi connectivity index (χ2v) is 4.49. The first-order valence-electron chi connectivity index (χ1n) is 6.54. The lowest BCUT2D eigenvalue weighted by Gasteiger charge is -2.15. The molecule has 0 radical (unpaired) electrons. The number of aromatic amines is 1. The van der Waals surface area contributed by atoms with E-state index in [1.807, 2.05) is 30.5 Å². The lowest BCUT2D eigenvalue weighted by atomic mass is 9.99. The molecular formula is C15H19N3O2. The monoisotopic (exact) mass is 273 g/mol. The van der Waals surface area contributed by atoms with Crippen molar-refractivity contribution in [2.45, 2.75) is 5.92 Å². The Hall–Kier alpha value is -2.27. The fourth-order valence-corrected chi connectivity index (χ4v) is 2.14. The van der Waals surface area contributed by atoms with Gasteiger partial charge in [-0.05, 0) is 11.6 Å². The molecule has 0 saturated carbocycles. The Morgan fingerprint density at radius 3 is 3.05 bits per heavy atom. The van der Waals surface area contributed by atoms with E-state index in [-0.39, 0.29) is 12.5 Å². The number of hydrogen-bond acceptors (Lipinski definition) is 3. The highest BCUT2D eigenvalue weighted by molar-refractivity contribution is 5.83. The van der Waals surface area contributed by atoms with E-state index in [1.165, 1.54) is 6.08 Å². The van der Waals surface area contributed by atoms with Crippen LogP contribution in [0.4, 0.5) is 4.79 Å². The van der Waals surface area contributed by atoms with Crippen molar-refractivity contribution in [3.05, 3.63) is 48.7 Å². The Labute approximate surface area is 117 Å². The summed E-state index contributed by atoms with van der Waals surface area (Å²) in [4.78, 5) is 14.6. The van der Waals surface area contributed by atoms with Crippen LogP contribution in [-0.4, -0.2) is 30.8 Å². The van der Waals surface area contributed by atoms with Gasteiger partial charge in [-0.25, -0.2) is 4.79 Å². The molecule has 5 heteroatoms. The highest BCUT2D eigenvalue weighted by Gasteiger charge is 2.15. The number of fused-ring (bicyclic) bond motifs is 1. The Morgan fingerprint density at radius 1 is 1.50 bits per heavy atom. The smallest absolute Gasteiger partial charge is 0.407 e. The number of H-pyrrole nitrogens is 1. The van der Waals surface area contributed by atoms with Crippen LogP contribution in [0, 0.1) is 0 Å². The van der Waals surface area contributed by atoms with E-state index in [1.54, 1.807) is 0 Å². The molecule has 1 amide bonds. The molecule has 1 heterocycles. The summed E-state index contributed by atoms with van der Waals surface area (Å²) in [6, 6.07) is 8.02. The van der Waals surface area contributed by atoms with Gasteiger partial charge in [0, 0.05) is 36.1 Å². The zero-order valence-corrected chi connectivity index (χ0v) is 11.3. The highest BCUT2D eigenvalue weighted by Crippen LogP contribution is 2.24. The van der Waals surface area contributed by atoms with Crippen LogP contribution in [0.25, 0.3) is 10.9 Å². The molecule has 4 N–H and O–H groups in total. The minimum atomic E-state index is -0.455. The molecule has 20 heavy (non-hydrogen) atoms. The molecule has 5 nitrogen and oxygen atoms in total. The normalized spacial score (nSPS) is 12.1. The van der Waals surface area contributed by atoms with Gasteiger partial charge >= 0.3 is 6.09 Å². The second kappa shape index (κ2) is 6.77. The van der Waals surface area contributed by atoms with Crippen LogP contribution < -0.4 is 11.1 Å². The van der Waals surface area contributed by atoms with E-state index in [2.05, 4.69) is 16.9 Å². The molecule has 2 rings (SSSR count). The largest absolute Gasteiger partial charge is 0.445 e. The van der Waals surface area contributed by atoms with E-state index in [9.17, 15) is 4.79 Å². The third-order valence-corrected chi connectivity index (χ3v) is 3.17. The zero-order chi connectivity index (χ0) is 14.4. The van der Waals surface area contributed by atoms with Gasteiger partial charge in [0.05, 0.1) is 0 Å². The average molecular weight is 273 g/mol. The maximum atomic E-state index is 11.4. The quantitative estimate of drug-likeness (QED) is 0.705. The Morgan fingerprint density at radius 2 is 2.30 bits per heavy atom. The molecule has 106 valence electrons. The van der Waals surface area contributed by atoms with Crippen molar-refractivity contribution in [1.82, 2.24) is 10.3 Å². The molecule has 0 aliphatic heterocycles. The first kappa shape index (κ1) is 14.1. The Balaban J connectivity index is 2.05. The number of hydrogen-bond donors (Lipinski definition) is 3. The molecule has 0 fully saturated rings. The summed E-state index contributed by atoms with van der Waals surface area (Å²) in [6.07, 6.45) is 3.02. The number of para-hydroxylation sites is 1. The van der Waals surface area contributed by atoms with E-state index in [0.29, 0.717) is 13.1 Å². The fraction of sp³-hybridized carbons (Fsp3) is 0.267. The van der Waals surface area contributed by atoms with Crippen molar-refractivity contribution in [2.75, 3.05) is 19.7 Å². The summed E-state index contributed by atoms with van der Waals surface area (Å²) < 4.78 is 4.87. The van der Waals surface area contributed by atoms with Gasteiger partial charge in [0.15, 0.2) is 0 Å². The molecule has 0 saturated heterocycles. The maximum Gasteiger partial charge on any atom is 0.407 e. The standard InChI is InChI=1S/C15H19N3O2/c1-2-7-20-15(19)18-9-11(8-16)13-10-17-14-6-4-3-5-12(13)14/h2-6,10-11,17H,1,7-9,16H2,(H,18,19)/t11-/m1/s1. The summed E-state index contributed by atoms with van der Waals surface area (Å²) in [6.45, 7) is 4.58. The number of nitrogens with two attached hydrogens (primary N) is 1. The number of alkyl carbamates (subject to hydrolysis) is 1. The third-order valence-electron chi connectivity index (χ3n) is 3.17. The van der Waals surface area contributed by atoms with E-state index in [4.69, 9.17) is 10.5 Å². The number of carbonyl (C=O) groups is 1. The fourth-order valence-electron chi connectivity index (χ4n) is 2.14. The van der Waals surface area contributed by atoms with Crippen LogP contribution in [0.5, 0.6) is 0 Å². The molecule has 0 bridgehead atoms. The first-order valence-corrected chi connectivity index (χ1v) is 6.54. The van der Waals surface area contributed by atoms with Crippen LogP contribution in [0.3, 0.4) is 0 Å². The summed E-state index contributed by atoms with van der Waals surface area (Å²) in [5, 5.41) is 3.85. The summed E-state index contributed by atoms with van der Waals surface area (Å²) >= 11 is 0. The van der Waals surface area contributed by atoms with Crippen LogP contribution in [0.1, 0.15) is 11.5 Å². The van der Waals surface area contributed by atoms with Crippen molar-refractivity contribution >= 4 is 17.0 Å². The van der Waals surface area contributed by atoms with Gasteiger partial charge in [-0.2, -0.15) is 0 Å². The average Bonchev–Trinajstić information content (AvgIpc) is 2.90. The van der Waals surface area contributed by atoms with Crippen LogP contribution in [-0.2, 0) is 4.74 Å². The number of benzene rings is 1. The SMILES string of the molecule is C=CCOC(=O)NC[C@@H](CN)c1c[nH]c2ccccc12.